The molecule has 1 heterocycles. The van der Waals surface area contributed by atoms with E-state index in [-0.39, 0.29) is 22.1 Å². The van der Waals surface area contributed by atoms with Gasteiger partial charge in [0.05, 0.1) is 4.92 Å². The molecule has 8 nitrogen and oxygen atoms in total. The summed E-state index contributed by atoms with van der Waals surface area (Å²) in [7, 11) is 0. The maximum absolute atomic E-state index is 11.0. The fraction of sp³-hybridized carbons (Fsp3) is 0.556. The molecule has 0 radical (unpaired) electrons. The molecule has 4 N–H and O–H groups in total. The number of hydrazine groups is 1. The Labute approximate surface area is 109 Å². The number of aromatic nitrogens is 2. The van der Waals surface area contributed by atoms with Crippen LogP contribution in [-0.2, 0) is 0 Å². The van der Waals surface area contributed by atoms with Gasteiger partial charge in [-0.25, -0.2) is 15.8 Å². The second-order valence-corrected chi connectivity index (χ2v) is 5.65. The first-order chi connectivity index (χ1) is 8.41. The smallest absolute Gasteiger partial charge is 0.354 e. The van der Waals surface area contributed by atoms with Crippen LogP contribution in [0.25, 0.3) is 0 Å². The fourth-order valence-corrected chi connectivity index (χ4v) is 1.37. The second-order valence-electron chi connectivity index (χ2n) is 4.14. The lowest BCUT2D eigenvalue weighted by Gasteiger charge is -2.22. The van der Waals surface area contributed by atoms with Gasteiger partial charge in [0.25, 0.3) is 0 Å². The van der Waals surface area contributed by atoms with Gasteiger partial charge in [0.15, 0.2) is 0 Å². The number of nitrogens with zero attached hydrogens (tertiary/aromatic N) is 3. The van der Waals surface area contributed by atoms with E-state index in [1.165, 1.54) is 6.33 Å². The van der Waals surface area contributed by atoms with Crippen molar-refractivity contribution in [2.24, 2.45) is 5.84 Å². The van der Waals surface area contributed by atoms with Crippen LogP contribution >= 0.6 is 11.8 Å². The van der Waals surface area contributed by atoms with Crippen molar-refractivity contribution in [2.75, 3.05) is 23.5 Å². The molecule has 18 heavy (non-hydrogen) atoms. The van der Waals surface area contributed by atoms with Crippen LogP contribution in [0.2, 0.25) is 0 Å². The molecule has 0 fully saturated rings. The Kier molecular flexibility index (Phi) is 4.68. The maximum atomic E-state index is 11.0. The average Bonchev–Trinajstić information content (AvgIpc) is 2.35. The second kappa shape index (κ2) is 5.83. The summed E-state index contributed by atoms with van der Waals surface area (Å²) in [5.41, 5.74) is 1.94. The molecule has 1 aromatic rings. The zero-order valence-corrected chi connectivity index (χ0v) is 11.2. The SMILES string of the molecule is CSC(C)(C)CNc1ncnc(NN)c1[N+](=O)[O-]. The van der Waals surface area contributed by atoms with Crippen molar-refractivity contribution in [3.8, 4) is 0 Å². The number of nitro groups is 1. The summed E-state index contributed by atoms with van der Waals surface area (Å²) in [6, 6.07) is 0. The van der Waals surface area contributed by atoms with Gasteiger partial charge in [0.1, 0.15) is 6.33 Å². The summed E-state index contributed by atoms with van der Waals surface area (Å²) in [5.74, 6) is 5.33. The van der Waals surface area contributed by atoms with Crippen molar-refractivity contribution in [3.63, 3.8) is 0 Å². The van der Waals surface area contributed by atoms with E-state index in [2.05, 4.69) is 20.7 Å². The van der Waals surface area contributed by atoms with Crippen LogP contribution in [0.5, 0.6) is 0 Å². The van der Waals surface area contributed by atoms with E-state index in [9.17, 15) is 10.1 Å². The highest BCUT2D eigenvalue weighted by Crippen LogP contribution is 2.29. The summed E-state index contributed by atoms with van der Waals surface area (Å²) in [6.07, 6.45) is 3.19. The number of nitrogens with one attached hydrogen (secondary N) is 2. The molecule has 0 aromatic carbocycles. The molecule has 0 saturated carbocycles. The van der Waals surface area contributed by atoms with Crippen molar-refractivity contribution >= 4 is 29.1 Å². The molecule has 0 bridgehead atoms. The minimum atomic E-state index is -0.566. The molecule has 0 atom stereocenters. The third-order valence-electron chi connectivity index (χ3n) is 2.38. The van der Waals surface area contributed by atoms with Gasteiger partial charge in [-0.15, -0.1) is 0 Å². The molecule has 0 unspecified atom stereocenters. The quantitative estimate of drug-likeness (QED) is 0.402. The highest BCUT2D eigenvalue weighted by molar-refractivity contribution is 7.99. The third kappa shape index (κ3) is 3.44. The molecular weight excluding hydrogens is 256 g/mol. The Hall–Kier alpha value is -1.61. The van der Waals surface area contributed by atoms with Crippen molar-refractivity contribution in [2.45, 2.75) is 18.6 Å². The largest absolute Gasteiger partial charge is 0.363 e. The van der Waals surface area contributed by atoms with Crippen molar-refractivity contribution in [1.82, 2.24) is 9.97 Å². The Morgan fingerprint density at radius 1 is 1.50 bits per heavy atom. The minimum Gasteiger partial charge on any atom is -0.363 e. The summed E-state index contributed by atoms with van der Waals surface area (Å²) >= 11 is 1.65. The van der Waals surface area contributed by atoms with Crippen LogP contribution in [0.3, 0.4) is 0 Å². The lowest BCUT2D eigenvalue weighted by Crippen LogP contribution is -2.26. The molecule has 0 aliphatic heterocycles. The predicted molar refractivity (Wildman–Crippen MR) is 72.6 cm³/mol. The average molecular weight is 272 g/mol. The molecule has 0 spiro atoms. The Balaban J connectivity index is 2.99. The molecule has 0 saturated heterocycles. The molecule has 9 heteroatoms. The van der Waals surface area contributed by atoms with Crippen LogP contribution in [0, 0.1) is 10.1 Å². The van der Waals surface area contributed by atoms with Crippen molar-refractivity contribution in [3.05, 3.63) is 16.4 Å². The summed E-state index contributed by atoms with van der Waals surface area (Å²) in [6.45, 7) is 4.59. The topological polar surface area (TPSA) is 119 Å². The van der Waals surface area contributed by atoms with E-state index in [1.807, 2.05) is 20.1 Å². The van der Waals surface area contributed by atoms with Gasteiger partial charge in [-0.2, -0.15) is 11.8 Å². The van der Waals surface area contributed by atoms with Crippen LogP contribution < -0.4 is 16.6 Å². The fourth-order valence-electron chi connectivity index (χ4n) is 1.16. The highest BCUT2D eigenvalue weighted by Gasteiger charge is 2.24. The van der Waals surface area contributed by atoms with E-state index in [4.69, 9.17) is 5.84 Å². The van der Waals surface area contributed by atoms with Gasteiger partial charge in [-0.05, 0) is 20.1 Å². The van der Waals surface area contributed by atoms with Gasteiger partial charge < -0.3 is 10.7 Å². The summed E-state index contributed by atoms with van der Waals surface area (Å²) in [4.78, 5) is 18.0. The Morgan fingerprint density at radius 2 is 2.11 bits per heavy atom. The van der Waals surface area contributed by atoms with E-state index in [1.54, 1.807) is 11.8 Å². The summed E-state index contributed by atoms with van der Waals surface area (Å²) < 4.78 is -0.0604. The first-order valence-electron chi connectivity index (χ1n) is 5.16. The van der Waals surface area contributed by atoms with Crippen LogP contribution in [-0.4, -0.2) is 32.4 Å². The normalized spacial score (nSPS) is 11.1. The lowest BCUT2D eigenvalue weighted by atomic mass is 10.2. The Morgan fingerprint density at radius 3 is 2.61 bits per heavy atom. The highest BCUT2D eigenvalue weighted by atomic mass is 32.2. The van der Waals surface area contributed by atoms with E-state index in [0.717, 1.165) is 0 Å². The van der Waals surface area contributed by atoms with Crippen molar-refractivity contribution in [1.29, 1.82) is 0 Å². The van der Waals surface area contributed by atoms with E-state index >= 15 is 0 Å². The zero-order chi connectivity index (χ0) is 13.8. The van der Waals surface area contributed by atoms with Gasteiger partial charge in [-0.3, -0.25) is 10.1 Å². The van der Waals surface area contributed by atoms with E-state index < -0.39 is 4.92 Å². The van der Waals surface area contributed by atoms with Crippen molar-refractivity contribution < 1.29 is 4.92 Å². The summed E-state index contributed by atoms with van der Waals surface area (Å²) in [5, 5.41) is 13.9. The minimum absolute atomic E-state index is 0.0144. The van der Waals surface area contributed by atoms with Crippen LogP contribution in [0.15, 0.2) is 6.33 Å². The first kappa shape index (κ1) is 14.5. The van der Waals surface area contributed by atoms with E-state index in [0.29, 0.717) is 6.54 Å². The molecule has 0 amide bonds. The molecular formula is C9H16N6O2S. The van der Waals surface area contributed by atoms with Crippen LogP contribution in [0.4, 0.5) is 17.3 Å². The number of rotatable bonds is 6. The van der Waals surface area contributed by atoms with Gasteiger partial charge in [0.2, 0.25) is 11.6 Å². The monoisotopic (exact) mass is 272 g/mol. The molecule has 1 rings (SSSR count). The molecule has 0 aliphatic rings. The Bertz CT molecular complexity index is 439. The number of thioether (sulfide) groups is 1. The number of hydrogen-bond acceptors (Lipinski definition) is 8. The number of nitrogens with two attached hydrogens (primary N) is 1. The lowest BCUT2D eigenvalue weighted by molar-refractivity contribution is -0.383. The van der Waals surface area contributed by atoms with Gasteiger partial charge in [-0.1, -0.05) is 0 Å². The van der Waals surface area contributed by atoms with Crippen LogP contribution in [0.1, 0.15) is 13.8 Å². The van der Waals surface area contributed by atoms with Gasteiger partial charge in [0, 0.05) is 11.3 Å². The first-order valence-corrected chi connectivity index (χ1v) is 6.39. The van der Waals surface area contributed by atoms with Gasteiger partial charge >= 0.3 is 5.69 Å². The zero-order valence-electron chi connectivity index (χ0n) is 10.4. The number of anilines is 2. The molecule has 0 aliphatic carbocycles. The number of hydrogen-bond donors (Lipinski definition) is 3. The maximum Gasteiger partial charge on any atom is 0.354 e. The molecule has 1 aromatic heterocycles. The third-order valence-corrected chi connectivity index (χ3v) is 3.63. The molecule has 100 valence electrons. The number of nitrogen functional groups attached to an aromatic ring is 1. The predicted octanol–water partition coefficient (Wildman–Crippen LogP) is 1.22. The standard InChI is InChI=1S/C9H16N6O2S/c1-9(2,18-3)4-11-7-6(15(16)17)8(14-10)13-5-12-7/h5H,4,10H2,1-3H3,(H2,11,12,13,14).